The van der Waals surface area contributed by atoms with Crippen molar-refractivity contribution in [2.45, 2.75) is 12.8 Å². The first-order valence-corrected chi connectivity index (χ1v) is 5.54. The van der Waals surface area contributed by atoms with Crippen molar-refractivity contribution < 1.29 is 8.42 Å². The minimum Gasteiger partial charge on any atom is -0.327 e. The molecule has 1 rings (SSSR count). The second kappa shape index (κ2) is 3.36. The van der Waals surface area contributed by atoms with Crippen LogP contribution in [0.15, 0.2) is 11.6 Å². The number of nitrogens with two attached hydrogens (primary N) is 1. The summed E-state index contributed by atoms with van der Waals surface area (Å²) in [6.45, 7) is 0.449. The first-order chi connectivity index (χ1) is 5.14. The topological polar surface area (TPSA) is 60.2 Å². The lowest BCUT2D eigenvalue weighted by Gasteiger charge is -2.13. The molecule has 0 atom stereocenters. The van der Waals surface area contributed by atoms with Crippen LogP contribution in [0.3, 0.4) is 0 Å². The Morgan fingerprint density at radius 2 is 2.27 bits per heavy atom. The highest BCUT2D eigenvalue weighted by atomic mass is 32.2. The number of sulfone groups is 1. The van der Waals surface area contributed by atoms with Gasteiger partial charge in [0.2, 0.25) is 0 Å². The SMILES string of the molecule is NCC=C1CCCS(=O)(=O)C1. The van der Waals surface area contributed by atoms with Crippen LogP contribution < -0.4 is 5.73 Å². The van der Waals surface area contributed by atoms with E-state index in [1.54, 1.807) is 0 Å². The average molecular weight is 175 g/mol. The molecule has 64 valence electrons. The van der Waals surface area contributed by atoms with Crippen molar-refractivity contribution in [3.8, 4) is 0 Å². The summed E-state index contributed by atoms with van der Waals surface area (Å²) in [5.41, 5.74) is 6.26. The molecule has 0 unspecified atom stereocenters. The summed E-state index contributed by atoms with van der Waals surface area (Å²) in [5, 5.41) is 0. The largest absolute Gasteiger partial charge is 0.327 e. The van der Waals surface area contributed by atoms with Crippen molar-refractivity contribution >= 4 is 9.84 Å². The van der Waals surface area contributed by atoms with Crippen molar-refractivity contribution in [3.05, 3.63) is 11.6 Å². The van der Waals surface area contributed by atoms with Gasteiger partial charge in [-0.1, -0.05) is 11.6 Å². The molecule has 2 N–H and O–H groups in total. The Morgan fingerprint density at radius 1 is 1.55 bits per heavy atom. The Kier molecular flexibility index (Phi) is 2.67. The molecule has 0 aromatic heterocycles. The molecule has 0 bridgehead atoms. The Balaban J connectivity index is 2.68. The highest BCUT2D eigenvalue weighted by Gasteiger charge is 2.18. The molecule has 0 amide bonds. The monoisotopic (exact) mass is 175 g/mol. The van der Waals surface area contributed by atoms with Crippen LogP contribution in [0.1, 0.15) is 12.8 Å². The van der Waals surface area contributed by atoms with Gasteiger partial charge in [-0.3, -0.25) is 0 Å². The van der Waals surface area contributed by atoms with E-state index in [1.807, 2.05) is 6.08 Å². The van der Waals surface area contributed by atoms with Crippen LogP contribution in [0.2, 0.25) is 0 Å². The second-order valence-corrected chi connectivity index (χ2v) is 4.98. The molecule has 1 fully saturated rings. The molecule has 11 heavy (non-hydrogen) atoms. The molecule has 1 saturated heterocycles. The Labute approximate surface area is 67.2 Å². The molecule has 1 aliphatic rings. The molecule has 0 aromatic rings. The van der Waals surface area contributed by atoms with E-state index in [-0.39, 0.29) is 5.75 Å². The number of hydrogen-bond acceptors (Lipinski definition) is 3. The lowest BCUT2D eigenvalue weighted by molar-refractivity contribution is 0.589. The zero-order valence-electron chi connectivity index (χ0n) is 6.41. The Hall–Kier alpha value is -0.350. The smallest absolute Gasteiger partial charge is 0.154 e. The fourth-order valence-corrected chi connectivity index (χ4v) is 2.83. The van der Waals surface area contributed by atoms with Gasteiger partial charge in [0.15, 0.2) is 9.84 Å². The lowest BCUT2D eigenvalue weighted by atomic mass is 10.1. The Morgan fingerprint density at radius 3 is 2.82 bits per heavy atom. The third kappa shape index (κ3) is 2.63. The maximum Gasteiger partial charge on any atom is 0.154 e. The summed E-state index contributed by atoms with van der Waals surface area (Å²) in [5.74, 6) is 0.569. The van der Waals surface area contributed by atoms with Crippen molar-refractivity contribution in [1.29, 1.82) is 0 Å². The van der Waals surface area contributed by atoms with Gasteiger partial charge in [-0.15, -0.1) is 0 Å². The standard InChI is InChI=1S/C7H13NO2S/c8-4-3-7-2-1-5-11(9,10)6-7/h3H,1-2,4-6,8H2. The van der Waals surface area contributed by atoms with Crippen LogP contribution in [0.25, 0.3) is 0 Å². The van der Waals surface area contributed by atoms with Gasteiger partial charge in [0, 0.05) is 6.54 Å². The molecule has 4 heteroatoms. The van der Waals surface area contributed by atoms with Crippen LogP contribution in [0.4, 0.5) is 0 Å². The van der Waals surface area contributed by atoms with E-state index < -0.39 is 9.84 Å². The summed E-state index contributed by atoms with van der Waals surface area (Å²) in [4.78, 5) is 0. The number of hydrogen-bond donors (Lipinski definition) is 1. The van der Waals surface area contributed by atoms with Gasteiger partial charge < -0.3 is 5.73 Å². The van der Waals surface area contributed by atoms with Gasteiger partial charge in [-0.05, 0) is 12.8 Å². The molecule has 0 spiro atoms. The molecule has 1 heterocycles. The summed E-state index contributed by atoms with van der Waals surface area (Å²) in [7, 11) is -2.78. The van der Waals surface area contributed by atoms with E-state index in [0.717, 1.165) is 18.4 Å². The van der Waals surface area contributed by atoms with E-state index in [2.05, 4.69) is 0 Å². The van der Waals surface area contributed by atoms with Crippen molar-refractivity contribution in [3.63, 3.8) is 0 Å². The van der Waals surface area contributed by atoms with E-state index in [1.165, 1.54) is 0 Å². The maximum absolute atomic E-state index is 11.1. The van der Waals surface area contributed by atoms with Crippen LogP contribution in [0.5, 0.6) is 0 Å². The zero-order valence-corrected chi connectivity index (χ0v) is 7.23. The van der Waals surface area contributed by atoms with E-state index in [9.17, 15) is 8.42 Å². The molecular formula is C7H13NO2S. The summed E-state index contributed by atoms with van der Waals surface area (Å²) < 4.78 is 22.1. The molecule has 3 nitrogen and oxygen atoms in total. The Bertz CT molecular complexity index is 254. The fourth-order valence-electron chi connectivity index (χ4n) is 1.27. The number of rotatable bonds is 1. The van der Waals surface area contributed by atoms with Gasteiger partial charge >= 0.3 is 0 Å². The van der Waals surface area contributed by atoms with Crippen LogP contribution in [0, 0.1) is 0 Å². The summed E-state index contributed by atoms with van der Waals surface area (Å²) in [6.07, 6.45) is 3.47. The molecular weight excluding hydrogens is 162 g/mol. The predicted octanol–water partition coefficient (Wildman–Crippen LogP) is 0.0801. The van der Waals surface area contributed by atoms with Crippen molar-refractivity contribution in [1.82, 2.24) is 0 Å². The average Bonchev–Trinajstić information content (AvgIpc) is 1.85. The normalized spacial score (nSPS) is 27.2. The minimum atomic E-state index is -2.78. The van der Waals surface area contributed by atoms with Crippen LogP contribution in [-0.2, 0) is 9.84 Å². The minimum absolute atomic E-state index is 0.226. The highest BCUT2D eigenvalue weighted by Crippen LogP contribution is 2.16. The maximum atomic E-state index is 11.1. The molecule has 0 aromatic carbocycles. The van der Waals surface area contributed by atoms with Gasteiger partial charge in [-0.2, -0.15) is 0 Å². The predicted molar refractivity (Wildman–Crippen MR) is 45.0 cm³/mol. The molecule has 1 aliphatic heterocycles. The first kappa shape index (κ1) is 8.74. The van der Waals surface area contributed by atoms with Gasteiger partial charge in [-0.25, -0.2) is 8.42 Å². The fraction of sp³-hybridized carbons (Fsp3) is 0.714. The zero-order chi connectivity index (χ0) is 8.32. The third-order valence-electron chi connectivity index (χ3n) is 1.77. The molecule has 0 saturated carbocycles. The van der Waals surface area contributed by atoms with Crippen LogP contribution in [-0.4, -0.2) is 26.5 Å². The second-order valence-electron chi connectivity index (χ2n) is 2.79. The van der Waals surface area contributed by atoms with Gasteiger partial charge in [0.25, 0.3) is 0 Å². The van der Waals surface area contributed by atoms with Gasteiger partial charge in [0.1, 0.15) is 0 Å². The van der Waals surface area contributed by atoms with Crippen molar-refractivity contribution in [2.24, 2.45) is 5.73 Å². The van der Waals surface area contributed by atoms with Gasteiger partial charge in [0.05, 0.1) is 11.5 Å². The lowest BCUT2D eigenvalue weighted by Crippen LogP contribution is -2.19. The summed E-state index contributed by atoms with van der Waals surface area (Å²) in [6, 6.07) is 0. The van der Waals surface area contributed by atoms with Crippen molar-refractivity contribution in [2.75, 3.05) is 18.1 Å². The van der Waals surface area contributed by atoms with E-state index in [0.29, 0.717) is 12.3 Å². The first-order valence-electron chi connectivity index (χ1n) is 3.72. The van der Waals surface area contributed by atoms with E-state index >= 15 is 0 Å². The molecule has 0 radical (unpaired) electrons. The summed E-state index contributed by atoms with van der Waals surface area (Å²) >= 11 is 0. The third-order valence-corrected chi connectivity index (χ3v) is 3.49. The highest BCUT2D eigenvalue weighted by molar-refractivity contribution is 7.91. The molecule has 0 aliphatic carbocycles. The van der Waals surface area contributed by atoms with Crippen LogP contribution >= 0.6 is 0 Å². The van der Waals surface area contributed by atoms with E-state index in [4.69, 9.17) is 5.73 Å². The quantitative estimate of drug-likeness (QED) is 0.574.